The molecule has 44 heavy (non-hydrogen) atoms. The summed E-state index contributed by atoms with van der Waals surface area (Å²) in [6.45, 7) is 8.66. The Balaban J connectivity index is 1.47. The number of ether oxygens (including phenoxy) is 2. The molecule has 1 N–H and O–H groups in total. The summed E-state index contributed by atoms with van der Waals surface area (Å²) in [6, 6.07) is 13.0. The number of fused-ring (bicyclic) bond motifs is 2. The largest absolute Gasteiger partial charge is 0.465 e. The van der Waals surface area contributed by atoms with Crippen molar-refractivity contribution in [2.24, 2.45) is 11.8 Å². The minimum absolute atomic E-state index is 0.121. The molecule has 6 atom stereocenters. The number of carbonyl (C=O) groups excluding carboxylic acids is 3. The number of hydrogen-bond donors (Lipinski definition) is 1. The number of alkyl halides is 1. The molecule has 3 fully saturated rings. The molecule has 0 saturated carbocycles. The van der Waals surface area contributed by atoms with Crippen molar-refractivity contribution in [3.63, 3.8) is 0 Å². The van der Waals surface area contributed by atoms with Crippen molar-refractivity contribution in [3.8, 4) is 0 Å². The second kappa shape index (κ2) is 14.4. The Hall–Kier alpha value is -3.01. The number of anilines is 1. The number of allylic oxidation sites excluding steroid dienone is 1. The van der Waals surface area contributed by atoms with Crippen molar-refractivity contribution in [2.45, 2.75) is 73.9 Å². The zero-order valence-corrected chi connectivity index (χ0v) is 26.8. The number of unbranched alkanes of at least 4 members (excludes halogenated alkanes) is 5. The van der Waals surface area contributed by atoms with Crippen LogP contribution in [0.3, 0.4) is 0 Å². The third kappa shape index (κ3) is 6.11. The summed E-state index contributed by atoms with van der Waals surface area (Å²) in [5.41, 5.74) is -0.442. The number of benzene rings is 2. The van der Waals surface area contributed by atoms with E-state index in [0.29, 0.717) is 37.9 Å². The number of aliphatic hydroxyl groups excluding tert-OH is 1. The predicted molar refractivity (Wildman–Crippen MR) is 174 cm³/mol. The summed E-state index contributed by atoms with van der Waals surface area (Å²) in [5, 5.41) is 11.3. The minimum atomic E-state index is -1.15. The Morgan fingerprint density at radius 1 is 1.07 bits per heavy atom. The van der Waals surface area contributed by atoms with Gasteiger partial charge in [-0.3, -0.25) is 14.4 Å². The van der Waals surface area contributed by atoms with Gasteiger partial charge in [0.25, 0.3) is 5.91 Å². The van der Waals surface area contributed by atoms with E-state index in [1.807, 2.05) is 48.5 Å². The van der Waals surface area contributed by atoms with Crippen LogP contribution in [0.25, 0.3) is 10.8 Å². The maximum Gasteiger partial charge on any atom is 0.312 e. The van der Waals surface area contributed by atoms with Crippen molar-refractivity contribution < 1.29 is 29.0 Å². The third-order valence-electron chi connectivity index (χ3n) is 9.27. The van der Waals surface area contributed by atoms with E-state index in [9.17, 15) is 19.5 Å². The molecule has 0 aromatic heterocycles. The Labute approximate surface area is 268 Å². The molecule has 3 aliphatic rings. The van der Waals surface area contributed by atoms with Gasteiger partial charge in [-0.15, -0.1) is 13.2 Å². The Morgan fingerprint density at radius 2 is 1.84 bits per heavy atom. The maximum absolute atomic E-state index is 14.8. The third-order valence-corrected chi connectivity index (χ3v) is 10.1. The van der Waals surface area contributed by atoms with Gasteiger partial charge in [-0.05, 0) is 61.4 Å². The van der Waals surface area contributed by atoms with Crippen LogP contribution in [0.2, 0.25) is 0 Å². The summed E-state index contributed by atoms with van der Waals surface area (Å²) >= 11 is 3.74. The van der Waals surface area contributed by atoms with E-state index in [0.717, 1.165) is 36.5 Å². The van der Waals surface area contributed by atoms with Crippen LogP contribution in [0.15, 0.2) is 67.8 Å². The fourth-order valence-electron chi connectivity index (χ4n) is 7.27. The summed E-state index contributed by atoms with van der Waals surface area (Å²) in [4.78, 5) is 45.8. The summed E-state index contributed by atoms with van der Waals surface area (Å²) < 4.78 is 12.4. The summed E-state index contributed by atoms with van der Waals surface area (Å²) in [6.07, 6.45) is 8.83. The molecule has 3 unspecified atom stereocenters. The highest BCUT2D eigenvalue weighted by Crippen LogP contribution is 2.60. The van der Waals surface area contributed by atoms with Gasteiger partial charge >= 0.3 is 5.97 Å². The molecule has 2 bridgehead atoms. The molecule has 3 aliphatic heterocycles. The normalized spacial score (nSPS) is 27.0. The molecule has 9 heteroatoms. The molecular formula is C35H43BrN2O6. The number of halogens is 1. The molecule has 236 valence electrons. The van der Waals surface area contributed by atoms with Gasteiger partial charge in [0.2, 0.25) is 5.91 Å². The Kier molecular flexibility index (Phi) is 10.6. The van der Waals surface area contributed by atoms with Crippen LogP contribution in [0.4, 0.5) is 5.69 Å². The van der Waals surface area contributed by atoms with Crippen LogP contribution in [0, 0.1) is 11.8 Å². The van der Waals surface area contributed by atoms with E-state index in [4.69, 9.17) is 9.47 Å². The lowest BCUT2D eigenvalue weighted by Crippen LogP contribution is -2.57. The molecule has 3 saturated heterocycles. The Morgan fingerprint density at radius 3 is 2.59 bits per heavy atom. The highest BCUT2D eigenvalue weighted by atomic mass is 79.9. The van der Waals surface area contributed by atoms with Crippen LogP contribution < -0.4 is 4.90 Å². The number of hydrogen-bond acceptors (Lipinski definition) is 6. The van der Waals surface area contributed by atoms with Gasteiger partial charge in [0, 0.05) is 30.2 Å². The van der Waals surface area contributed by atoms with Gasteiger partial charge in [-0.2, -0.15) is 0 Å². The lowest BCUT2D eigenvalue weighted by Gasteiger charge is -2.37. The molecule has 2 amide bonds. The second-order valence-corrected chi connectivity index (χ2v) is 13.2. The van der Waals surface area contributed by atoms with Crippen molar-refractivity contribution in [1.82, 2.24) is 4.90 Å². The molecule has 3 heterocycles. The highest BCUT2D eigenvalue weighted by Gasteiger charge is 2.77. The first-order chi connectivity index (χ1) is 21.4. The van der Waals surface area contributed by atoms with Crippen molar-refractivity contribution in [2.75, 3.05) is 31.2 Å². The minimum Gasteiger partial charge on any atom is -0.465 e. The smallest absolute Gasteiger partial charge is 0.312 e. The standard InChI is InChI=1S/C35H43BrN2O6/c1-3-5-6-13-21-43-34(42)28-29-32(40)38(19-11-7-8-12-20-39)31(35(29)23-27(36)30(28)44-35)33(41)37(18-4-2)26-17-16-24-14-9-10-15-25(24)22-26/h3-4,9-10,14-17,22,27-31,39H,1-2,5-8,11-13,18-21,23H2/t27?,28-,29+,30-,31?,35?/m1/s1. The van der Waals surface area contributed by atoms with Crippen molar-refractivity contribution >= 4 is 50.2 Å². The molecule has 0 radical (unpaired) electrons. The lowest BCUT2D eigenvalue weighted by atomic mass is 9.70. The maximum atomic E-state index is 14.8. The van der Waals surface area contributed by atoms with E-state index < -0.39 is 35.6 Å². The summed E-state index contributed by atoms with van der Waals surface area (Å²) in [7, 11) is 0. The lowest BCUT2D eigenvalue weighted by molar-refractivity contribution is -0.155. The topological polar surface area (TPSA) is 96.4 Å². The fraction of sp³-hybridized carbons (Fsp3) is 0.514. The molecule has 2 aromatic rings. The number of esters is 1. The average molecular weight is 668 g/mol. The number of likely N-dealkylation sites (tertiary alicyclic amines) is 1. The van der Waals surface area contributed by atoms with Gasteiger partial charge in [-0.25, -0.2) is 0 Å². The zero-order valence-electron chi connectivity index (χ0n) is 25.2. The van der Waals surface area contributed by atoms with E-state index in [1.165, 1.54) is 0 Å². The van der Waals surface area contributed by atoms with Crippen molar-refractivity contribution in [1.29, 1.82) is 0 Å². The summed E-state index contributed by atoms with van der Waals surface area (Å²) in [5.74, 6) is -2.49. The van der Waals surface area contributed by atoms with E-state index in [1.54, 1.807) is 15.9 Å². The van der Waals surface area contributed by atoms with E-state index in [-0.39, 0.29) is 36.4 Å². The van der Waals surface area contributed by atoms with Gasteiger partial charge < -0.3 is 24.4 Å². The number of aliphatic hydroxyl groups is 1. The van der Waals surface area contributed by atoms with Gasteiger partial charge in [0.05, 0.1) is 24.5 Å². The van der Waals surface area contributed by atoms with E-state index >= 15 is 0 Å². The molecule has 8 nitrogen and oxygen atoms in total. The zero-order chi connectivity index (χ0) is 31.3. The number of amides is 2. The molecule has 0 aliphatic carbocycles. The van der Waals surface area contributed by atoms with Crippen LogP contribution >= 0.6 is 15.9 Å². The SMILES string of the molecule is C=CCCCCOC(=O)[C@H]1[C@@H]2OC3(CC2Br)C(C(=O)N(CC=C)c2ccc4ccccc4c2)N(CCCCCCO)C(=O)[C@H]13. The van der Waals surface area contributed by atoms with E-state index in [2.05, 4.69) is 29.1 Å². The number of carbonyl (C=O) groups is 3. The quantitative estimate of drug-likeness (QED) is 0.109. The van der Waals surface area contributed by atoms with Gasteiger partial charge in [0.1, 0.15) is 11.6 Å². The van der Waals surface area contributed by atoms with Crippen LogP contribution in [0.5, 0.6) is 0 Å². The van der Waals surface area contributed by atoms with Crippen LogP contribution in [0.1, 0.15) is 51.4 Å². The molecular weight excluding hydrogens is 624 g/mol. The van der Waals surface area contributed by atoms with Crippen LogP contribution in [-0.4, -0.2) is 76.7 Å². The average Bonchev–Trinajstić information content (AvgIpc) is 3.62. The van der Waals surface area contributed by atoms with Crippen LogP contribution in [-0.2, 0) is 23.9 Å². The number of nitrogens with zero attached hydrogens (tertiary/aromatic N) is 2. The Bertz CT molecular complexity index is 1380. The first-order valence-corrected chi connectivity index (χ1v) is 16.7. The monoisotopic (exact) mass is 666 g/mol. The number of rotatable bonds is 16. The fourth-order valence-corrected chi connectivity index (χ4v) is 8.21. The van der Waals surface area contributed by atoms with Gasteiger partial charge in [-0.1, -0.05) is 71.3 Å². The first kappa shape index (κ1) is 32.4. The molecule has 5 rings (SSSR count). The second-order valence-electron chi connectivity index (χ2n) is 12.1. The van der Waals surface area contributed by atoms with Crippen molar-refractivity contribution in [3.05, 3.63) is 67.8 Å². The van der Waals surface area contributed by atoms with Gasteiger partial charge in [0.15, 0.2) is 0 Å². The molecule has 2 aromatic carbocycles. The first-order valence-electron chi connectivity index (χ1n) is 15.8. The highest BCUT2D eigenvalue weighted by molar-refractivity contribution is 9.09. The predicted octanol–water partition coefficient (Wildman–Crippen LogP) is 5.56. The molecule has 1 spiro atoms.